The van der Waals surface area contributed by atoms with E-state index in [1.54, 1.807) is 17.0 Å². The first-order chi connectivity index (χ1) is 11.5. The highest BCUT2D eigenvalue weighted by Gasteiger charge is 2.27. The van der Waals surface area contributed by atoms with Gasteiger partial charge in [0.2, 0.25) is 5.82 Å². The Morgan fingerprint density at radius 1 is 1.50 bits per heavy atom. The number of hydrogen-bond donors (Lipinski definition) is 1. The van der Waals surface area contributed by atoms with Gasteiger partial charge in [-0.25, -0.2) is 13.9 Å². The van der Waals surface area contributed by atoms with Crippen LogP contribution in [0, 0.1) is 11.7 Å². The summed E-state index contributed by atoms with van der Waals surface area (Å²) >= 11 is 0. The van der Waals surface area contributed by atoms with Crippen molar-refractivity contribution in [3.8, 4) is 5.75 Å². The molecule has 0 radical (unpaired) electrons. The van der Waals surface area contributed by atoms with E-state index in [4.69, 9.17) is 4.74 Å². The van der Waals surface area contributed by atoms with Crippen LogP contribution in [0.2, 0.25) is 0 Å². The molecule has 1 amide bonds. The van der Waals surface area contributed by atoms with Gasteiger partial charge < -0.3 is 9.64 Å². The van der Waals surface area contributed by atoms with Gasteiger partial charge in [0.25, 0.3) is 5.91 Å². The number of aromatic amines is 1. The second-order valence-corrected chi connectivity index (χ2v) is 5.93. The summed E-state index contributed by atoms with van der Waals surface area (Å²) in [4.78, 5) is 27.9. The van der Waals surface area contributed by atoms with Gasteiger partial charge in [-0.15, -0.1) is 5.10 Å². The molecule has 0 saturated carbocycles. The van der Waals surface area contributed by atoms with Crippen molar-refractivity contribution in [2.24, 2.45) is 13.0 Å². The van der Waals surface area contributed by atoms with E-state index in [1.165, 1.54) is 19.2 Å². The molecule has 1 fully saturated rings. The van der Waals surface area contributed by atoms with Crippen molar-refractivity contribution in [3.05, 3.63) is 46.4 Å². The molecule has 128 valence electrons. The Hall–Kier alpha value is -2.64. The van der Waals surface area contributed by atoms with Gasteiger partial charge in [0.15, 0.2) is 0 Å². The molecule has 7 nitrogen and oxygen atoms in total. The van der Waals surface area contributed by atoms with E-state index in [9.17, 15) is 14.0 Å². The minimum absolute atomic E-state index is 0.0502. The molecule has 0 spiro atoms. The zero-order valence-corrected chi connectivity index (χ0v) is 13.4. The molecule has 2 aromatic rings. The highest BCUT2D eigenvalue weighted by molar-refractivity contribution is 5.90. The largest absolute Gasteiger partial charge is 0.493 e. The monoisotopic (exact) mass is 334 g/mol. The Morgan fingerprint density at radius 3 is 3.04 bits per heavy atom. The number of ether oxygens (including phenoxy) is 1. The van der Waals surface area contributed by atoms with Gasteiger partial charge in [0, 0.05) is 32.1 Å². The van der Waals surface area contributed by atoms with Crippen LogP contribution in [-0.4, -0.2) is 45.3 Å². The molecule has 1 aromatic carbocycles. The summed E-state index contributed by atoms with van der Waals surface area (Å²) in [6, 6.07) is 6.00. The maximum absolute atomic E-state index is 13.2. The number of aromatic nitrogens is 3. The maximum atomic E-state index is 13.2. The number of piperidine rings is 1. The van der Waals surface area contributed by atoms with Crippen LogP contribution in [0.1, 0.15) is 23.5 Å². The molecule has 24 heavy (non-hydrogen) atoms. The first-order valence-corrected chi connectivity index (χ1v) is 7.84. The molecule has 1 aliphatic heterocycles. The number of rotatable bonds is 4. The van der Waals surface area contributed by atoms with E-state index in [0.717, 1.165) is 17.5 Å². The van der Waals surface area contributed by atoms with Crippen molar-refractivity contribution in [1.29, 1.82) is 0 Å². The number of carbonyl (C=O) groups excluding carboxylic acids is 1. The Kier molecular flexibility index (Phi) is 4.64. The lowest BCUT2D eigenvalue weighted by Gasteiger charge is -2.32. The lowest BCUT2D eigenvalue weighted by Crippen LogP contribution is -2.42. The zero-order valence-electron chi connectivity index (χ0n) is 13.4. The number of hydrogen-bond acceptors (Lipinski definition) is 4. The van der Waals surface area contributed by atoms with Crippen molar-refractivity contribution in [3.63, 3.8) is 0 Å². The smallest absolute Gasteiger partial charge is 0.343 e. The predicted molar refractivity (Wildman–Crippen MR) is 84.4 cm³/mol. The number of nitrogens with zero attached hydrogens (tertiary/aromatic N) is 3. The topological polar surface area (TPSA) is 80.2 Å². The van der Waals surface area contributed by atoms with Gasteiger partial charge in [-0.2, -0.15) is 0 Å². The van der Waals surface area contributed by atoms with E-state index in [0.29, 0.717) is 25.4 Å². The Bertz CT molecular complexity index is 786. The number of benzene rings is 1. The number of carbonyl (C=O) groups is 1. The van der Waals surface area contributed by atoms with Crippen molar-refractivity contribution >= 4 is 5.91 Å². The molecule has 0 bridgehead atoms. The standard InChI is InChI=1S/C16H19FN4O3/c1-20-16(23)18-14(19-20)15(22)21-7-3-4-11(9-21)10-24-13-6-2-5-12(17)8-13/h2,5-6,8,11H,3-4,7,9-10H2,1H3,(H,18,19,23). The molecular formula is C16H19FN4O3. The average molecular weight is 334 g/mol. The lowest BCUT2D eigenvalue weighted by atomic mass is 9.99. The molecular weight excluding hydrogens is 315 g/mol. The molecule has 1 N–H and O–H groups in total. The maximum Gasteiger partial charge on any atom is 0.343 e. The third-order valence-electron chi connectivity index (χ3n) is 4.06. The van der Waals surface area contributed by atoms with E-state index >= 15 is 0 Å². The summed E-state index contributed by atoms with van der Waals surface area (Å²) in [5.41, 5.74) is -0.415. The lowest BCUT2D eigenvalue weighted by molar-refractivity contribution is 0.0621. The second kappa shape index (κ2) is 6.86. The van der Waals surface area contributed by atoms with Crippen LogP contribution < -0.4 is 10.4 Å². The number of nitrogens with one attached hydrogen (secondary N) is 1. The Balaban J connectivity index is 1.59. The van der Waals surface area contributed by atoms with Crippen LogP contribution in [0.4, 0.5) is 4.39 Å². The molecule has 1 atom stereocenters. The molecule has 1 saturated heterocycles. The summed E-state index contributed by atoms with van der Waals surface area (Å²) in [6.07, 6.45) is 1.78. The van der Waals surface area contributed by atoms with E-state index in [1.807, 2.05) is 0 Å². The number of amides is 1. The second-order valence-electron chi connectivity index (χ2n) is 5.93. The molecule has 8 heteroatoms. The molecule has 1 unspecified atom stereocenters. The normalized spacial score (nSPS) is 17.8. The molecule has 2 heterocycles. The van der Waals surface area contributed by atoms with Crippen molar-refractivity contribution in [2.45, 2.75) is 12.8 Å². The summed E-state index contributed by atoms with van der Waals surface area (Å²) in [5.74, 6) is 0.0540. The van der Waals surface area contributed by atoms with Crippen molar-refractivity contribution in [1.82, 2.24) is 19.7 Å². The van der Waals surface area contributed by atoms with Gasteiger partial charge in [0.1, 0.15) is 11.6 Å². The van der Waals surface area contributed by atoms with E-state index in [2.05, 4.69) is 10.1 Å². The number of H-pyrrole nitrogens is 1. The zero-order chi connectivity index (χ0) is 17.1. The summed E-state index contributed by atoms with van der Waals surface area (Å²) in [7, 11) is 1.49. The minimum Gasteiger partial charge on any atom is -0.493 e. The highest BCUT2D eigenvalue weighted by atomic mass is 19.1. The Labute approximate surface area is 138 Å². The molecule has 1 aliphatic rings. The van der Waals surface area contributed by atoms with Crippen LogP contribution in [-0.2, 0) is 7.05 Å². The third-order valence-corrected chi connectivity index (χ3v) is 4.06. The average Bonchev–Trinajstić information content (AvgIpc) is 2.92. The van der Waals surface area contributed by atoms with Crippen molar-refractivity contribution < 1.29 is 13.9 Å². The van der Waals surface area contributed by atoms with Gasteiger partial charge in [-0.05, 0) is 25.0 Å². The van der Waals surface area contributed by atoms with Gasteiger partial charge in [-0.1, -0.05) is 6.07 Å². The van der Waals surface area contributed by atoms with Gasteiger partial charge >= 0.3 is 5.69 Å². The number of aryl methyl sites for hydroxylation is 1. The molecule has 0 aliphatic carbocycles. The minimum atomic E-state index is -0.415. The van der Waals surface area contributed by atoms with E-state index < -0.39 is 5.69 Å². The van der Waals surface area contributed by atoms with Crippen molar-refractivity contribution in [2.75, 3.05) is 19.7 Å². The Morgan fingerprint density at radius 2 is 2.33 bits per heavy atom. The first-order valence-electron chi connectivity index (χ1n) is 7.84. The fourth-order valence-electron chi connectivity index (χ4n) is 2.81. The number of halogens is 1. The van der Waals surface area contributed by atoms with E-state index in [-0.39, 0.29) is 23.5 Å². The van der Waals surface area contributed by atoms with Crippen LogP contribution in [0.3, 0.4) is 0 Å². The highest BCUT2D eigenvalue weighted by Crippen LogP contribution is 2.20. The van der Waals surface area contributed by atoms with Gasteiger partial charge in [-0.3, -0.25) is 9.78 Å². The quantitative estimate of drug-likeness (QED) is 0.910. The van der Waals surface area contributed by atoms with Crippen LogP contribution in [0.5, 0.6) is 5.75 Å². The summed E-state index contributed by atoms with van der Waals surface area (Å²) in [6.45, 7) is 1.55. The fraction of sp³-hybridized carbons (Fsp3) is 0.438. The van der Waals surface area contributed by atoms with Crippen LogP contribution >= 0.6 is 0 Å². The first kappa shape index (κ1) is 16.2. The molecule has 1 aromatic heterocycles. The summed E-state index contributed by atoms with van der Waals surface area (Å²) in [5, 5.41) is 3.90. The van der Waals surface area contributed by atoms with Crippen LogP contribution in [0.25, 0.3) is 0 Å². The third kappa shape index (κ3) is 3.64. The number of likely N-dealkylation sites (tertiary alicyclic amines) is 1. The van der Waals surface area contributed by atoms with Gasteiger partial charge in [0.05, 0.1) is 6.61 Å². The fourth-order valence-corrected chi connectivity index (χ4v) is 2.81. The SMILES string of the molecule is Cn1nc(C(=O)N2CCCC(COc3cccc(F)c3)C2)[nH]c1=O. The predicted octanol–water partition coefficient (Wildman–Crippen LogP) is 1.18. The van der Waals surface area contributed by atoms with Crippen LogP contribution in [0.15, 0.2) is 29.1 Å². The summed E-state index contributed by atoms with van der Waals surface area (Å²) < 4.78 is 19.9. The molecule has 3 rings (SSSR count).